The van der Waals surface area contributed by atoms with E-state index in [0.29, 0.717) is 94.5 Å². The molecule has 0 bridgehead atoms. The third kappa shape index (κ3) is 7.06. The number of carbonyl (C=O) groups is 2. The van der Waals surface area contributed by atoms with Crippen molar-refractivity contribution in [1.82, 2.24) is 40.2 Å². The van der Waals surface area contributed by atoms with Crippen LogP contribution >= 0.6 is 0 Å². The van der Waals surface area contributed by atoms with E-state index in [1.165, 1.54) is 24.5 Å². The zero-order valence-electron chi connectivity index (χ0n) is 32.0. The van der Waals surface area contributed by atoms with E-state index >= 15 is 0 Å². The lowest BCUT2D eigenvalue weighted by Crippen LogP contribution is -2.49. The highest BCUT2D eigenvalue weighted by molar-refractivity contribution is 5.90. The molecule has 4 N–H and O–H groups in total. The Bertz CT molecular complexity index is 2400. The Morgan fingerprint density at radius 3 is 1.39 bits per heavy atom. The van der Waals surface area contributed by atoms with Crippen molar-refractivity contribution < 1.29 is 18.4 Å². The molecule has 2 atom stereocenters. The molecule has 2 amide bonds. The van der Waals surface area contributed by atoms with Gasteiger partial charge in [0.1, 0.15) is 11.6 Å². The number of aromatic amines is 2. The lowest BCUT2D eigenvalue weighted by atomic mass is 9.76. The number of aryl methyl sites for hydroxylation is 2. The van der Waals surface area contributed by atoms with Crippen LogP contribution in [-0.2, 0) is 33.5 Å². The molecule has 0 radical (unpaired) electrons. The van der Waals surface area contributed by atoms with Gasteiger partial charge in [0.15, 0.2) is 0 Å². The molecule has 56 heavy (non-hydrogen) atoms. The van der Waals surface area contributed by atoms with Crippen molar-refractivity contribution in [3.8, 4) is 22.5 Å². The van der Waals surface area contributed by atoms with Crippen molar-refractivity contribution >= 4 is 33.6 Å². The molecule has 2 fully saturated rings. The number of nitrogens with one attached hydrogen (secondary N) is 4. The molecule has 2 aliphatic heterocycles. The number of carbonyl (C=O) groups excluding carboxylic acids is 2. The molecule has 2 unspecified atom stereocenters. The molecule has 2 aliphatic rings. The van der Waals surface area contributed by atoms with Crippen LogP contribution in [0.5, 0.6) is 0 Å². The minimum atomic E-state index is -0.847. The second-order valence-electron chi connectivity index (χ2n) is 14.3. The second kappa shape index (κ2) is 15.9. The van der Waals surface area contributed by atoms with Gasteiger partial charge in [0.05, 0.1) is 45.0 Å². The highest BCUT2D eigenvalue weighted by Gasteiger charge is 2.40. The summed E-state index contributed by atoms with van der Waals surface area (Å²) in [5.41, 5.74) is 2.03. The molecular weight excluding hydrogens is 719 g/mol. The molecule has 12 nitrogen and oxygen atoms in total. The Balaban J connectivity index is 0.000000182. The van der Waals surface area contributed by atoms with Gasteiger partial charge in [-0.25, -0.2) is 8.78 Å². The molecule has 14 heteroatoms. The zero-order chi connectivity index (χ0) is 40.4. The predicted molar refractivity (Wildman–Crippen MR) is 213 cm³/mol. The number of hydrogen-bond donors (Lipinski definition) is 4. The first-order valence-corrected chi connectivity index (χ1v) is 18.7. The van der Waals surface area contributed by atoms with E-state index in [-0.39, 0.29) is 34.6 Å². The summed E-state index contributed by atoms with van der Waals surface area (Å²) in [6, 6.07) is 13.2. The number of piperidine rings is 2. The van der Waals surface area contributed by atoms with Crippen LogP contribution in [0.25, 0.3) is 44.3 Å². The van der Waals surface area contributed by atoms with Crippen molar-refractivity contribution in [2.45, 2.75) is 77.3 Å². The third-order valence-electron chi connectivity index (χ3n) is 10.9. The van der Waals surface area contributed by atoms with Gasteiger partial charge in [-0.2, -0.15) is 10.2 Å². The van der Waals surface area contributed by atoms with E-state index in [0.717, 1.165) is 12.8 Å². The van der Waals surface area contributed by atoms with Gasteiger partial charge in [-0.3, -0.25) is 28.5 Å². The van der Waals surface area contributed by atoms with E-state index < -0.39 is 10.8 Å². The van der Waals surface area contributed by atoms with E-state index in [4.69, 9.17) is 0 Å². The summed E-state index contributed by atoms with van der Waals surface area (Å²) >= 11 is 0. The Hall–Kier alpha value is -6.18. The van der Waals surface area contributed by atoms with E-state index in [2.05, 4.69) is 44.0 Å². The van der Waals surface area contributed by atoms with Crippen LogP contribution in [0.15, 0.2) is 83.7 Å². The highest BCUT2D eigenvalue weighted by atomic mass is 19.1. The summed E-state index contributed by atoms with van der Waals surface area (Å²) in [4.78, 5) is 55.8. The van der Waals surface area contributed by atoms with Crippen LogP contribution in [0.4, 0.5) is 8.78 Å². The molecule has 0 spiro atoms. The summed E-state index contributed by atoms with van der Waals surface area (Å²) in [5.74, 6) is -1.03. The van der Waals surface area contributed by atoms with Crippen LogP contribution in [0.3, 0.4) is 0 Å². The number of halogens is 2. The van der Waals surface area contributed by atoms with Gasteiger partial charge in [0, 0.05) is 59.8 Å². The molecule has 2 aromatic carbocycles. The van der Waals surface area contributed by atoms with Gasteiger partial charge in [0.25, 0.3) is 11.1 Å². The topological polar surface area (TPSA) is 160 Å². The van der Waals surface area contributed by atoms with Gasteiger partial charge in [0.2, 0.25) is 11.8 Å². The Kier molecular flexibility index (Phi) is 11.2. The molecule has 0 saturated carbocycles. The number of hydrogen-bond acceptors (Lipinski definition) is 6. The molecule has 8 rings (SSSR count). The maximum atomic E-state index is 14.5. The van der Waals surface area contributed by atoms with Gasteiger partial charge >= 0.3 is 0 Å². The van der Waals surface area contributed by atoms with E-state index in [1.807, 2.05) is 26.0 Å². The lowest BCUT2D eigenvalue weighted by molar-refractivity contribution is -0.128. The largest absolute Gasteiger partial charge is 0.355 e. The van der Waals surface area contributed by atoms with Crippen molar-refractivity contribution in [3.63, 3.8) is 0 Å². The van der Waals surface area contributed by atoms with E-state index in [1.54, 1.807) is 47.5 Å². The highest BCUT2D eigenvalue weighted by Crippen LogP contribution is 2.33. The number of amides is 2. The number of pyridine rings is 2. The summed E-state index contributed by atoms with van der Waals surface area (Å²) in [7, 11) is 0. The quantitative estimate of drug-likeness (QED) is 0.147. The molecule has 292 valence electrons. The SMILES string of the molecule is C=C.CCn1ncc2c(F)cc(-c3ccc(C4(C)CCCNC4=O)c(=O)[nH]3)cc21.CCn1ncc2c(F)cc(-c3ccc(C4(C)CCCNC4=O)c(=O)[nH]3)cc21. The summed E-state index contributed by atoms with van der Waals surface area (Å²) in [6.45, 7) is 16.0. The summed E-state index contributed by atoms with van der Waals surface area (Å²) < 4.78 is 32.4. The average Bonchev–Trinajstić information content (AvgIpc) is 3.83. The fraction of sp³-hybridized carbons (Fsp3) is 0.333. The standard InChI is InChI=1S/2C20H21FN4O2.C2H4/c2*1-3-25-17-10-12(9-15(21)13(17)11-23-25)16-6-5-14(18(26)24-16)20(2)7-4-8-22-19(20)27;1-2/h2*5-6,9-11H,3-4,7-8H2,1-2H3,(H,22,27)(H,24,26);1-2H2. The van der Waals surface area contributed by atoms with Crippen LogP contribution in [0, 0.1) is 11.6 Å². The average molecular weight is 765 g/mol. The number of nitrogens with zero attached hydrogens (tertiary/aromatic N) is 4. The first-order chi connectivity index (χ1) is 26.9. The van der Waals surface area contributed by atoms with E-state index in [9.17, 15) is 28.0 Å². The van der Waals surface area contributed by atoms with Gasteiger partial charge in [-0.15, -0.1) is 13.2 Å². The maximum absolute atomic E-state index is 14.5. The van der Waals surface area contributed by atoms with Gasteiger partial charge in [-0.1, -0.05) is 12.1 Å². The monoisotopic (exact) mass is 764 g/mol. The Labute approximate surface area is 322 Å². The minimum absolute atomic E-state index is 0.133. The van der Waals surface area contributed by atoms with Crippen LogP contribution in [0.2, 0.25) is 0 Å². The number of rotatable bonds is 6. The summed E-state index contributed by atoms with van der Waals surface area (Å²) in [6.07, 6.45) is 5.91. The van der Waals surface area contributed by atoms with Crippen LogP contribution in [0.1, 0.15) is 64.5 Å². The second-order valence-corrected chi connectivity index (χ2v) is 14.3. The Morgan fingerprint density at radius 1 is 0.661 bits per heavy atom. The first kappa shape index (κ1) is 39.5. The van der Waals surface area contributed by atoms with Crippen LogP contribution in [-0.4, -0.2) is 54.4 Å². The minimum Gasteiger partial charge on any atom is -0.355 e. The zero-order valence-corrected chi connectivity index (χ0v) is 32.0. The first-order valence-electron chi connectivity index (χ1n) is 18.7. The molecule has 0 aliphatic carbocycles. The molecule has 4 aromatic heterocycles. The maximum Gasteiger partial charge on any atom is 0.252 e. The van der Waals surface area contributed by atoms with Gasteiger partial charge in [-0.05, 0) is 89.8 Å². The van der Waals surface area contributed by atoms with Crippen molar-refractivity contribution in [3.05, 3.63) is 118 Å². The smallest absolute Gasteiger partial charge is 0.252 e. The fourth-order valence-electron chi connectivity index (χ4n) is 7.66. The normalized spacial score (nSPS) is 19.4. The molecule has 2 saturated heterocycles. The van der Waals surface area contributed by atoms with Crippen molar-refractivity contribution in [2.24, 2.45) is 0 Å². The molecule has 6 heterocycles. The van der Waals surface area contributed by atoms with Crippen LogP contribution < -0.4 is 21.8 Å². The van der Waals surface area contributed by atoms with Crippen molar-refractivity contribution in [2.75, 3.05) is 13.1 Å². The third-order valence-corrected chi connectivity index (χ3v) is 10.9. The number of H-pyrrole nitrogens is 2. The molecular formula is C42H46F2N8O4. The number of aromatic nitrogens is 6. The number of benzene rings is 2. The van der Waals surface area contributed by atoms with Gasteiger partial charge < -0.3 is 20.6 Å². The number of fused-ring (bicyclic) bond motifs is 2. The fourth-order valence-corrected chi connectivity index (χ4v) is 7.66. The van der Waals surface area contributed by atoms with Crippen molar-refractivity contribution in [1.29, 1.82) is 0 Å². The predicted octanol–water partition coefficient (Wildman–Crippen LogP) is 6.24. The Morgan fingerprint density at radius 2 is 1.05 bits per heavy atom. The summed E-state index contributed by atoms with van der Waals surface area (Å²) in [5, 5.41) is 14.9. The molecule has 6 aromatic rings. The lowest BCUT2D eigenvalue weighted by Gasteiger charge is -2.32.